The highest BCUT2D eigenvalue weighted by Crippen LogP contribution is 2.41. The molecule has 2 aromatic carbocycles. The van der Waals surface area contributed by atoms with Gasteiger partial charge in [-0.15, -0.1) is 0 Å². The van der Waals surface area contributed by atoms with E-state index in [-0.39, 0.29) is 19.7 Å². The van der Waals surface area contributed by atoms with Crippen molar-refractivity contribution in [3.63, 3.8) is 0 Å². The van der Waals surface area contributed by atoms with Crippen molar-refractivity contribution in [2.45, 2.75) is 43.5 Å². The lowest BCUT2D eigenvalue weighted by Gasteiger charge is -2.37. The maximum absolute atomic E-state index is 15.4. The largest absolute Gasteiger partial charge is 0.445 e. The Morgan fingerprint density at radius 1 is 1.14 bits per heavy atom. The summed E-state index contributed by atoms with van der Waals surface area (Å²) in [5, 5.41) is 3.38. The highest BCUT2D eigenvalue weighted by Gasteiger charge is 2.42. The highest BCUT2D eigenvalue weighted by atomic mass is 19.1. The maximum Gasteiger partial charge on any atom is 0.410 e. The Hall–Kier alpha value is -2.40. The number of hydrogen-bond acceptors (Lipinski definition) is 3. The number of benzene rings is 2. The van der Waals surface area contributed by atoms with Crippen LogP contribution in [-0.2, 0) is 11.3 Å². The van der Waals surface area contributed by atoms with Gasteiger partial charge in [0.2, 0.25) is 0 Å². The molecule has 1 saturated carbocycles. The second kappa shape index (κ2) is 8.31. The van der Waals surface area contributed by atoms with E-state index in [1.54, 1.807) is 0 Å². The summed E-state index contributed by atoms with van der Waals surface area (Å²) in [6.07, 6.45) is 1.75. The fourth-order valence-corrected chi connectivity index (χ4v) is 4.00. The first kappa shape index (κ1) is 18.9. The Morgan fingerprint density at radius 2 is 1.86 bits per heavy atom. The van der Waals surface area contributed by atoms with Gasteiger partial charge in [-0.1, -0.05) is 60.7 Å². The van der Waals surface area contributed by atoms with Gasteiger partial charge in [0.25, 0.3) is 0 Å². The molecule has 148 valence electrons. The third kappa shape index (κ3) is 4.71. The molecule has 3 atom stereocenters. The molecule has 2 fully saturated rings. The van der Waals surface area contributed by atoms with Crippen molar-refractivity contribution in [2.24, 2.45) is 0 Å². The number of piperidine rings is 1. The minimum Gasteiger partial charge on any atom is -0.445 e. The lowest BCUT2D eigenvalue weighted by atomic mass is 9.95. The Kier molecular flexibility index (Phi) is 5.62. The molecule has 28 heavy (non-hydrogen) atoms. The van der Waals surface area contributed by atoms with Crippen molar-refractivity contribution in [3.05, 3.63) is 71.8 Å². The van der Waals surface area contributed by atoms with Gasteiger partial charge in [0.05, 0.1) is 6.54 Å². The molecule has 1 saturated heterocycles. The molecule has 1 amide bonds. The standard InChI is InChI=1S/C23H27FN2O2/c24-23(16-25-21-14-20(21)19-10-5-2-6-11-19)12-7-13-26(17-23)22(27)28-15-18-8-3-1-4-9-18/h1-6,8-11,20-21,25H,7,12-17H2. The Balaban J connectivity index is 1.25. The van der Waals surface area contributed by atoms with Crippen LogP contribution in [0.4, 0.5) is 9.18 Å². The van der Waals surface area contributed by atoms with Crippen LogP contribution in [0.3, 0.4) is 0 Å². The molecule has 0 spiro atoms. The number of halogens is 1. The SMILES string of the molecule is O=C(OCc1ccccc1)N1CCCC(F)(CNC2CC2c2ccccc2)C1. The number of amides is 1. The fourth-order valence-electron chi connectivity index (χ4n) is 4.00. The van der Waals surface area contributed by atoms with E-state index in [0.717, 1.165) is 12.0 Å². The van der Waals surface area contributed by atoms with Gasteiger partial charge in [0.1, 0.15) is 12.3 Å². The molecular formula is C23H27FN2O2. The van der Waals surface area contributed by atoms with E-state index in [4.69, 9.17) is 4.74 Å². The minimum atomic E-state index is -1.39. The zero-order valence-corrected chi connectivity index (χ0v) is 16.0. The summed E-state index contributed by atoms with van der Waals surface area (Å²) < 4.78 is 20.7. The molecule has 0 bridgehead atoms. The first-order chi connectivity index (χ1) is 13.6. The third-order valence-corrected chi connectivity index (χ3v) is 5.69. The first-order valence-corrected chi connectivity index (χ1v) is 10.1. The predicted molar refractivity (Wildman–Crippen MR) is 107 cm³/mol. The van der Waals surface area contributed by atoms with Gasteiger partial charge in [-0.05, 0) is 30.4 Å². The first-order valence-electron chi connectivity index (χ1n) is 10.1. The number of hydrogen-bond donors (Lipinski definition) is 1. The second-order valence-electron chi connectivity index (χ2n) is 7.96. The monoisotopic (exact) mass is 382 g/mol. The van der Waals surface area contributed by atoms with Gasteiger partial charge in [-0.25, -0.2) is 9.18 Å². The summed E-state index contributed by atoms with van der Waals surface area (Å²) in [5.41, 5.74) is 0.845. The Bertz CT molecular complexity index is 786. The van der Waals surface area contributed by atoms with E-state index < -0.39 is 11.8 Å². The van der Waals surface area contributed by atoms with E-state index in [1.807, 2.05) is 48.5 Å². The molecule has 4 rings (SSSR count). The Morgan fingerprint density at radius 3 is 2.61 bits per heavy atom. The molecule has 5 heteroatoms. The molecule has 2 aromatic rings. The quantitative estimate of drug-likeness (QED) is 0.811. The molecule has 1 aliphatic carbocycles. The van der Waals surface area contributed by atoms with Gasteiger partial charge in [-0.2, -0.15) is 0 Å². The fraction of sp³-hybridized carbons (Fsp3) is 0.435. The number of carbonyl (C=O) groups excluding carboxylic acids is 1. The van der Waals surface area contributed by atoms with Crippen molar-refractivity contribution in [2.75, 3.05) is 19.6 Å². The van der Waals surface area contributed by atoms with E-state index in [1.165, 1.54) is 10.5 Å². The van der Waals surface area contributed by atoms with Crippen molar-refractivity contribution in [1.29, 1.82) is 0 Å². The van der Waals surface area contributed by atoms with Crippen LogP contribution < -0.4 is 5.32 Å². The lowest BCUT2D eigenvalue weighted by molar-refractivity contribution is 0.0292. The predicted octanol–water partition coefficient (Wildman–Crippen LogP) is 4.27. The number of carbonyl (C=O) groups is 1. The van der Waals surface area contributed by atoms with Crippen molar-refractivity contribution in [1.82, 2.24) is 10.2 Å². The van der Waals surface area contributed by atoms with Gasteiger partial charge in [-0.3, -0.25) is 0 Å². The van der Waals surface area contributed by atoms with E-state index >= 15 is 4.39 Å². The highest BCUT2D eigenvalue weighted by molar-refractivity contribution is 5.68. The van der Waals surface area contributed by atoms with Crippen LogP contribution in [-0.4, -0.2) is 42.3 Å². The number of nitrogens with zero attached hydrogens (tertiary/aromatic N) is 1. The summed E-state index contributed by atoms with van der Waals surface area (Å²) >= 11 is 0. The minimum absolute atomic E-state index is 0.0936. The molecule has 2 aliphatic rings. The van der Waals surface area contributed by atoms with E-state index in [9.17, 15) is 4.79 Å². The Labute approximate surface area is 165 Å². The van der Waals surface area contributed by atoms with Crippen molar-refractivity contribution < 1.29 is 13.9 Å². The van der Waals surface area contributed by atoms with Gasteiger partial charge in [0.15, 0.2) is 0 Å². The van der Waals surface area contributed by atoms with Gasteiger partial charge < -0.3 is 15.0 Å². The average Bonchev–Trinajstić information content (AvgIpc) is 3.52. The average molecular weight is 382 g/mol. The van der Waals surface area contributed by atoms with Crippen molar-refractivity contribution in [3.8, 4) is 0 Å². The van der Waals surface area contributed by atoms with E-state index in [2.05, 4.69) is 17.4 Å². The molecule has 1 aliphatic heterocycles. The van der Waals surface area contributed by atoms with Crippen molar-refractivity contribution >= 4 is 6.09 Å². The topological polar surface area (TPSA) is 41.6 Å². The number of nitrogens with one attached hydrogen (secondary N) is 1. The van der Waals surface area contributed by atoms with Crippen LogP contribution >= 0.6 is 0 Å². The molecule has 0 aromatic heterocycles. The molecular weight excluding hydrogens is 355 g/mol. The second-order valence-corrected chi connectivity index (χ2v) is 7.96. The molecule has 4 nitrogen and oxygen atoms in total. The summed E-state index contributed by atoms with van der Waals surface area (Å²) in [5.74, 6) is 0.473. The van der Waals surface area contributed by atoms with Gasteiger partial charge >= 0.3 is 6.09 Å². The summed E-state index contributed by atoms with van der Waals surface area (Å²) in [6.45, 7) is 1.14. The third-order valence-electron chi connectivity index (χ3n) is 5.69. The smallest absolute Gasteiger partial charge is 0.410 e. The van der Waals surface area contributed by atoms with Crippen LogP contribution in [0.25, 0.3) is 0 Å². The van der Waals surface area contributed by atoms with Crippen LogP contribution in [0, 0.1) is 0 Å². The summed E-state index contributed by atoms with van der Waals surface area (Å²) in [7, 11) is 0. The normalized spacial score (nSPS) is 26.7. The van der Waals surface area contributed by atoms with Crippen LogP contribution in [0.15, 0.2) is 60.7 Å². The number of rotatable bonds is 6. The number of alkyl halides is 1. The van der Waals surface area contributed by atoms with Crippen LogP contribution in [0.2, 0.25) is 0 Å². The molecule has 1 heterocycles. The molecule has 0 radical (unpaired) electrons. The number of ether oxygens (including phenoxy) is 1. The zero-order chi connectivity index (χ0) is 19.4. The summed E-state index contributed by atoms with van der Waals surface area (Å²) in [6, 6.07) is 20.2. The lowest BCUT2D eigenvalue weighted by Crippen LogP contribution is -2.52. The van der Waals surface area contributed by atoms with Crippen LogP contribution in [0.5, 0.6) is 0 Å². The summed E-state index contributed by atoms with van der Waals surface area (Å²) in [4.78, 5) is 13.9. The molecule has 1 N–H and O–H groups in total. The number of likely N-dealkylation sites (tertiary alicyclic amines) is 1. The van der Waals surface area contributed by atoms with Crippen LogP contribution in [0.1, 0.15) is 36.3 Å². The molecule has 3 unspecified atom stereocenters. The van der Waals surface area contributed by atoms with Gasteiger partial charge in [0, 0.05) is 25.0 Å². The maximum atomic E-state index is 15.4. The zero-order valence-electron chi connectivity index (χ0n) is 16.0. The van der Waals surface area contributed by atoms with E-state index in [0.29, 0.717) is 31.3 Å².